The average molecular weight is 520 g/mol. The summed E-state index contributed by atoms with van der Waals surface area (Å²) in [6, 6.07) is 10.5. The zero-order valence-electron chi connectivity index (χ0n) is 17.3. The molecule has 3 amide bonds. The number of rotatable bonds is 5. The molecule has 1 N–H and O–H groups in total. The number of halogens is 2. The zero-order chi connectivity index (χ0) is 23.1. The number of hydrogen-bond donors (Lipinski definition) is 1. The van der Waals surface area contributed by atoms with E-state index in [4.69, 9.17) is 23.2 Å². The second kappa shape index (κ2) is 9.25. The summed E-state index contributed by atoms with van der Waals surface area (Å²) >= 11 is 14.9. The highest BCUT2D eigenvalue weighted by Gasteiger charge is 2.48. The number of imide groups is 1. The molecule has 1 aliphatic carbocycles. The smallest absolute Gasteiger partial charge is 0.237 e. The minimum absolute atomic E-state index is 0.0851. The van der Waals surface area contributed by atoms with Crippen LogP contribution in [0.3, 0.4) is 0 Å². The first-order chi connectivity index (χ1) is 15.9. The van der Waals surface area contributed by atoms with Gasteiger partial charge in [0, 0.05) is 0 Å². The first-order valence-electron chi connectivity index (χ1n) is 10.6. The van der Waals surface area contributed by atoms with E-state index >= 15 is 0 Å². The highest BCUT2D eigenvalue weighted by atomic mass is 35.5. The molecule has 0 bridgehead atoms. The second-order valence-electron chi connectivity index (χ2n) is 8.07. The Morgan fingerprint density at radius 1 is 1.09 bits per heavy atom. The van der Waals surface area contributed by atoms with E-state index in [-0.39, 0.29) is 35.3 Å². The number of benzene rings is 2. The molecule has 10 heteroatoms. The van der Waals surface area contributed by atoms with Crippen LogP contribution in [0.4, 0.5) is 11.4 Å². The van der Waals surface area contributed by atoms with Gasteiger partial charge in [-0.2, -0.15) is 0 Å². The van der Waals surface area contributed by atoms with Crippen molar-refractivity contribution in [3.63, 3.8) is 0 Å². The minimum atomic E-state index is -0.245. The summed E-state index contributed by atoms with van der Waals surface area (Å²) in [4.78, 5) is 44.1. The molecule has 2 atom stereocenters. The highest BCUT2D eigenvalue weighted by Crippen LogP contribution is 2.41. The molecule has 1 saturated carbocycles. The summed E-state index contributed by atoms with van der Waals surface area (Å²) in [5.41, 5.74) is 1.75. The van der Waals surface area contributed by atoms with Crippen LogP contribution in [0.25, 0.3) is 10.2 Å². The summed E-state index contributed by atoms with van der Waals surface area (Å²) < 4.78 is 1.58. The first-order valence-corrected chi connectivity index (χ1v) is 13.1. The molecule has 0 radical (unpaired) electrons. The molecule has 2 heterocycles. The standard InChI is InChI=1S/C23H19Cl2N3O3S2/c24-15-6-3-7-16(25)20(15)27-19(29)11-32-23-26-17-9-8-12(10-18(17)33-23)28-21(30)13-4-1-2-5-14(13)22(28)31/h3,6-10,13-14H,1-2,4-5,11H2,(H,27,29)/t13-,14-/m0/s1. The molecule has 1 aliphatic heterocycles. The van der Waals surface area contributed by atoms with Crippen molar-refractivity contribution in [1.29, 1.82) is 0 Å². The normalized spacial score (nSPS) is 20.4. The monoisotopic (exact) mass is 519 g/mol. The van der Waals surface area contributed by atoms with E-state index in [9.17, 15) is 14.4 Å². The van der Waals surface area contributed by atoms with Crippen molar-refractivity contribution in [2.24, 2.45) is 11.8 Å². The van der Waals surface area contributed by atoms with E-state index in [0.717, 1.165) is 40.2 Å². The Morgan fingerprint density at radius 2 is 1.76 bits per heavy atom. The van der Waals surface area contributed by atoms with Gasteiger partial charge in [-0.1, -0.05) is 53.9 Å². The summed E-state index contributed by atoms with van der Waals surface area (Å²) in [5.74, 6) is -0.637. The number of aromatic nitrogens is 1. The lowest BCUT2D eigenvalue weighted by molar-refractivity contribution is -0.122. The van der Waals surface area contributed by atoms with Crippen molar-refractivity contribution in [1.82, 2.24) is 4.98 Å². The third-order valence-corrected chi connectivity index (χ3v) is 8.80. The van der Waals surface area contributed by atoms with Gasteiger partial charge in [0.15, 0.2) is 4.34 Å². The van der Waals surface area contributed by atoms with Crippen LogP contribution in [0.15, 0.2) is 40.7 Å². The van der Waals surface area contributed by atoms with Crippen LogP contribution in [0.5, 0.6) is 0 Å². The van der Waals surface area contributed by atoms with Gasteiger partial charge in [-0.05, 0) is 43.2 Å². The van der Waals surface area contributed by atoms with Gasteiger partial charge in [0.05, 0.1) is 49.2 Å². The van der Waals surface area contributed by atoms with E-state index < -0.39 is 0 Å². The van der Waals surface area contributed by atoms with Crippen molar-refractivity contribution < 1.29 is 14.4 Å². The fourth-order valence-corrected chi connectivity index (χ4v) is 6.82. The van der Waals surface area contributed by atoms with E-state index in [0.29, 0.717) is 21.4 Å². The van der Waals surface area contributed by atoms with E-state index in [1.807, 2.05) is 12.1 Å². The number of nitrogens with zero attached hydrogens (tertiary/aromatic N) is 2. The number of fused-ring (bicyclic) bond motifs is 2. The molecular formula is C23H19Cl2N3O3S2. The molecule has 1 saturated heterocycles. The lowest BCUT2D eigenvalue weighted by Gasteiger charge is -2.19. The molecule has 2 aromatic carbocycles. The Hall–Kier alpha value is -2.13. The van der Waals surface area contributed by atoms with Crippen LogP contribution in [-0.4, -0.2) is 28.5 Å². The molecule has 2 aliphatic rings. The minimum Gasteiger partial charge on any atom is -0.323 e. The molecule has 0 unspecified atom stereocenters. The van der Waals surface area contributed by atoms with Crippen LogP contribution < -0.4 is 10.2 Å². The quantitative estimate of drug-likeness (QED) is 0.329. The van der Waals surface area contributed by atoms with E-state index in [1.165, 1.54) is 28.0 Å². The number of thioether (sulfide) groups is 1. The molecule has 3 aromatic rings. The second-order valence-corrected chi connectivity index (χ2v) is 11.1. The van der Waals surface area contributed by atoms with Gasteiger partial charge < -0.3 is 5.32 Å². The van der Waals surface area contributed by atoms with Crippen molar-refractivity contribution in [3.05, 3.63) is 46.4 Å². The lowest BCUT2D eigenvalue weighted by atomic mass is 9.81. The van der Waals surface area contributed by atoms with Crippen molar-refractivity contribution in [2.45, 2.75) is 30.0 Å². The van der Waals surface area contributed by atoms with Gasteiger partial charge in [0.1, 0.15) is 0 Å². The Bertz CT molecular complexity index is 1230. The SMILES string of the molecule is O=C(CSc1nc2ccc(N3C(=O)[C@H]4CCCC[C@@H]4C3=O)cc2s1)Nc1c(Cl)cccc1Cl. The molecule has 1 aromatic heterocycles. The predicted octanol–water partition coefficient (Wildman–Crippen LogP) is 6.01. The Kier molecular flexibility index (Phi) is 6.35. The van der Waals surface area contributed by atoms with Gasteiger partial charge >= 0.3 is 0 Å². The largest absolute Gasteiger partial charge is 0.323 e. The first kappa shape index (κ1) is 22.7. The predicted molar refractivity (Wildman–Crippen MR) is 133 cm³/mol. The lowest BCUT2D eigenvalue weighted by Crippen LogP contribution is -2.30. The number of hydrogen-bond acceptors (Lipinski definition) is 6. The zero-order valence-corrected chi connectivity index (χ0v) is 20.5. The van der Waals surface area contributed by atoms with E-state index in [1.54, 1.807) is 24.3 Å². The maximum atomic E-state index is 12.9. The fourth-order valence-electron chi connectivity index (χ4n) is 4.43. The number of carbonyl (C=O) groups excluding carboxylic acids is 3. The maximum Gasteiger partial charge on any atom is 0.237 e. The number of para-hydroxylation sites is 1. The summed E-state index contributed by atoms with van der Waals surface area (Å²) in [6.45, 7) is 0. The fraction of sp³-hybridized carbons (Fsp3) is 0.304. The summed E-state index contributed by atoms with van der Waals surface area (Å²) in [5, 5.41) is 3.48. The van der Waals surface area contributed by atoms with Crippen LogP contribution in [-0.2, 0) is 14.4 Å². The van der Waals surface area contributed by atoms with Crippen LogP contribution in [0, 0.1) is 11.8 Å². The number of amides is 3. The summed E-state index contributed by atoms with van der Waals surface area (Å²) in [7, 11) is 0. The number of nitrogens with one attached hydrogen (secondary N) is 1. The van der Waals surface area contributed by atoms with Crippen LogP contribution in [0.2, 0.25) is 10.0 Å². The Morgan fingerprint density at radius 3 is 2.42 bits per heavy atom. The molecule has 0 spiro atoms. The third kappa shape index (κ3) is 4.37. The van der Waals surface area contributed by atoms with Gasteiger partial charge in [-0.25, -0.2) is 4.98 Å². The maximum absolute atomic E-state index is 12.9. The Balaban J connectivity index is 1.29. The average Bonchev–Trinajstić information content (AvgIpc) is 3.33. The molecule has 5 rings (SSSR count). The molecule has 2 fully saturated rings. The molecule has 33 heavy (non-hydrogen) atoms. The number of thiazole rings is 1. The third-order valence-electron chi connectivity index (χ3n) is 6.01. The van der Waals surface area contributed by atoms with Gasteiger partial charge in [-0.15, -0.1) is 11.3 Å². The van der Waals surface area contributed by atoms with Gasteiger partial charge in [-0.3, -0.25) is 19.3 Å². The molecule has 6 nitrogen and oxygen atoms in total. The number of carbonyl (C=O) groups is 3. The van der Waals surface area contributed by atoms with Gasteiger partial charge in [0.25, 0.3) is 0 Å². The molecule has 170 valence electrons. The summed E-state index contributed by atoms with van der Waals surface area (Å²) in [6.07, 6.45) is 3.57. The van der Waals surface area contributed by atoms with Crippen LogP contribution in [0.1, 0.15) is 25.7 Å². The highest BCUT2D eigenvalue weighted by molar-refractivity contribution is 8.01. The Labute approximate surface area is 208 Å². The van der Waals surface area contributed by atoms with Crippen molar-refractivity contribution >= 4 is 85.6 Å². The van der Waals surface area contributed by atoms with Gasteiger partial charge in [0.2, 0.25) is 17.7 Å². The van der Waals surface area contributed by atoms with E-state index in [2.05, 4.69) is 10.3 Å². The van der Waals surface area contributed by atoms with Crippen molar-refractivity contribution in [2.75, 3.05) is 16.0 Å². The molecular weight excluding hydrogens is 501 g/mol. The van der Waals surface area contributed by atoms with Crippen LogP contribution >= 0.6 is 46.3 Å². The topological polar surface area (TPSA) is 79.4 Å². The number of anilines is 2. The van der Waals surface area contributed by atoms with Crippen molar-refractivity contribution in [3.8, 4) is 0 Å².